The number of aromatic hydroxyl groups is 2. The van der Waals surface area contributed by atoms with Crippen molar-refractivity contribution in [3.8, 4) is 11.5 Å². The Hall–Kier alpha value is -2.07. The van der Waals surface area contributed by atoms with Gasteiger partial charge in [-0.25, -0.2) is 0 Å². The normalized spacial score (nSPS) is 10.7. The average molecular weight is 293 g/mol. The summed E-state index contributed by atoms with van der Waals surface area (Å²) in [5, 5.41) is 20.2. The van der Waals surface area contributed by atoms with Gasteiger partial charge in [-0.2, -0.15) is 0 Å². The Bertz CT molecular complexity index is 657. The number of halogens is 1. The zero-order chi connectivity index (χ0) is 14.9. The van der Waals surface area contributed by atoms with Gasteiger partial charge < -0.3 is 21.7 Å². The zero-order valence-electron chi connectivity index (χ0n) is 11.2. The smallest absolute Gasteiger partial charge is 0.121 e. The standard InChI is InChI=1S/C15H17ClN2O2/c1-8-4-11(17)5-10(15(8)20)3-2-9-6-13(18)12(16)7-14(9)19/h4-7,19-20H,2-3,17-18H2,1H3. The molecule has 20 heavy (non-hydrogen) atoms. The van der Waals surface area contributed by atoms with Gasteiger partial charge >= 0.3 is 0 Å². The summed E-state index contributed by atoms with van der Waals surface area (Å²) in [5.41, 5.74) is 14.7. The number of phenols is 2. The summed E-state index contributed by atoms with van der Waals surface area (Å²) in [7, 11) is 0. The Labute approximate surface area is 122 Å². The van der Waals surface area contributed by atoms with Crippen molar-refractivity contribution in [2.24, 2.45) is 0 Å². The van der Waals surface area contributed by atoms with E-state index in [0.717, 1.165) is 11.1 Å². The van der Waals surface area contributed by atoms with E-state index in [-0.39, 0.29) is 11.5 Å². The fourth-order valence-corrected chi connectivity index (χ4v) is 2.33. The second-order valence-corrected chi connectivity index (χ2v) is 5.26. The predicted octanol–water partition coefficient (Wildman–Crippen LogP) is 3.01. The fraction of sp³-hybridized carbons (Fsp3) is 0.200. The molecule has 5 heteroatoms. The monoisotopic (exact) mass is 292 g/mol. The Kier molecular flexibility index (Phi) is 3.95. The van der Waals surface area contributed by atoms with E-state index in [0.29, 0.717) is 34.8 Å². The number of nitrogens with two attached hydrogens (primary N) is 2. The highest BCUT2D eigenvalue weighted by Gasteiger charge is 2.10. The lowest BCUT2D eigenvalue weighted by Gasteiger charge is -2.11. The van der Waals surface area contributed by atoms with E-state index in [4.69, 9.17) is 23.1 Å². The number of rotatable bonds is 3. The van der Waals surface area contributed by atoms with Crippen LogP contribution in [-0.4, -0.2) is 10.2 Å². The third kappa shape index (κ3) is 2.91. The van der Waals surface area contributed by atoms with Crippen LogP contribution in [0.25, 0.3) is 0 Å². The second kappa shape index (κ2) is 5.51. The molecule has 106 valence electrons. The molecule has 0 radical (unpaired) electrons. The first kappa shape index (κ1) is 14.3. The molecule has 0 amide bonds. The van der Waals surface area contributed by atoms with E-state index in [1.807, 2.05) is 0 Å². The summed E-state index contributed by atoms with van der Waals surface area (Å²) >= 11 is 5.83. The molecule has 0 fully saturated rings. The summed E-state index contributed by atoms with van der Waals surface area (Å²) in [5.74, 6) is 0.338. The molecule has 0 unspecified atom stereocenters. The Balaban J connectivity index is 2.23. The molecule has 0 aromatic heterocycles. The molecule has 2 aromatic rings. The van der Waals surface area contributed by atoms with Gasteiger partial charge in [-0.15, -0.1) is 0 Å². The van der Waals surface area contributed by atoms with E-state index in [1.165, 1.54) is 6.07 Å². The van der Waals surface area contributed by atoms with Crippen LogP contribution in [0.5, 0.6) is 11.5 Å². The van der Waals surface area contributed by atoms with Gasteiger partial charge in [0.05, 0.1) is 10.7 Å². The summed E-state index contributed by atoms with van der Waals surface area (Å²) in [6.07, 6.45) is 1.08. The Morgan fingerprint density at radius 2 is 1.65 bits per heavy atom. The highest BCUT2D eigenvalue weighted by molar-refractivity contribution is 6.33. The van der Waals surface area contributed by atoms with Crippen molar-refractivity contribution >= 4 is 23.0 Å². The molecule has 2 rings (SSSR count). The SMILES string of the molecule is Cc1cc(N)cc(CCc2cc(N)c(Cl)cc2O)c1O. The molecule has 0 saturated heterocycles. The van der Waals surface area contributed by atoms with Gasteiger partial charge in [0.15, 0.2) is 0 Å². The van der Waals surface area contributed by atoms with Gasteiger partial charge in [-0.1, -0.05) is 11.6 Å². The highest BCUT2D eigenvalue weighted by atomic mass is 35.5. The maximum atomic E-state index is 10.0. The molecular weight excluding hydrogens is 276 g/mol. The molecule has 0 aliphatic carbocycles. The van der Waals surface area contributed by atoms with Crippen LogP contribution in [0, 0.1) is 6.92 Å². The number of benzene rings is 2. The van der Waals surface area contributed by atoms with Crippen LogP contribution >= 0.6 is 11.6 Å². The lowest BCUT2D eigenvalue weighted by molar-refractivity contribution is 0.460. The number of nitrogen functional groups attached to an aromatic ring is 2. The van der Waals surface area contributed by atoms with Gasteiger partial charge in [0, 0.05) is 11.8 Å². The maximum absolute atomic E-state index is 10.0. The van der Waals surface area contributed by atoms with E-state index in [9.17, 15) is 10.2 Å². The molecule has 4 nitrogen and oxygen atoms in total. The Morgan fingerprint density at radius 3 is 2.35 bits per heavy atom. The summed E-state index contributed by atoms with van der Waals surface area (Å²) in [4.78, 5) is 0. The quantitative estimate of drug-likeness (QED) is 0.517. The van der Waals surface area contributed by atoms with Crippen LogP contribution in [0.4, 0.5) is 11.4 Å². The minimum Gasteiger partial charge on any atom is -0.508 e. The highest BCUT2D eigenvalue weighted by Crippen LogP contribution is 2.31. The lowest BCUT2D eigenvalue weighted by Crippen LogP contribution is -1.97. The van der Waals surface area contributed by atoms with Crippen LogP contribution in [0.3, 0.4) is 0 Å². The molecule has 0 aliphatic rings. The van der Waals surface area contributed by atoms with E-state index >= 15 is 0 Å². The third-order valence-corrected chi connectivity index (χ3v) is 3.59. The second-order valence-electron chi connectivity index (χ2n) is 4.85. The molecule has 2 aromatic carbocycles. The van der Waals surface area contributed by atoms with Crippen LogP contribution in [0.1, 0.15) is 16.7 Å². The molecule has 6 N–H and O–H groups in total. The van der Waals surface area contributed by atoms with Crippen LogP contribution in [0.2, 0.25) is 5.02 Å². The largest absolute Gasteiger partial charge is 0.508 e. The van der Waals surface area contributed by atoms with Gasteiger partial charge in [-0.3, -0.25) is 0 Å². The van der Waals surface area contributed by atoms with Crippen molar-refractivity contribution in [2.75, 3.05) is 11.5 Å². The summed E-state index contributed by atoms with van der Waals surface area (Å²) < 4.78 is 0. The number of hydrogen-bond acceptors (Lipinski definition) is 4. The van der Waals surface area contributed by atoms with E-state index < -0.39 is 0 Å². The van der Waals surface area contributed by atoms with Gasteiger partial charge in [0.1, 0.15) is 11.5 Å². The molecule has 0 aliphatic heterocycles. The molecule has 0 heterocycles. The van der Waals surface area contributed by atoms with Gasteiger partial charge in [-0.05, 0) is 54.7 Å². The van der Waals surface area contributed by atoms with Crippen molar-refractivity contribution in [3.05, 3.63) is 46.0 Å². The first-order valence-corrected chi connectivity index (χ1v) is 6.61. The lowest BCUT2D eigenvalue weighted by atomic mass is 10.00. The summed E-state index contributed by atoms with van der Waals surface area (Å²) in [6.45, 7) is 1.80. The van der Waals surface area contributed by atoms with Crippen molar-refractivity contribution in [2.45, 2.75) is 19.8 Å². The van der Waals surface area contributed by atoms with Crippen LogP contribution < -0.4 is 11.5 Å². The molecule has 0 bridgehead atoms. The van der Waals surface area contributed by atoms with Crippen LogP contribution in [-0.2, 0) is 12.8 Å². The molecule has 0 saturated carbocycles. The van der Waals surface area contributed by atoms with E-state index in [2.05, 4.69) is 0 Å². The summed E-state index contributed by atoms with van der Waals surface area (Å²) in [6, 6.07) is 6.53. The van der Waals surface area contributed by atoms with Gasteiger partial charge in [0.2, 0.25) is 0 Å². The Morgan fingerprint density at radius 1 is 1.00 bits per heavy atom. The van der Waals surface area contributed by atoms with Crippen molar-refractivity contribution in [1.82, 2.24) is 0 Å². The van der Waals surface area contributed by atoms with E-state index in [1.54, 1.807) is 25.1 Å². The van der Waals surface area contributed by atoms with Gasteiger partial charge in [0.25, 0.3) is 0 Å². The number of phenolic OH excluding ortho intramolecular Hbond substituents is 2. The minimum absolute atomic E-state index is 0.101. The van der Waals surface area contributed by atoms with Crippen molar-refractivity contribution in [3.63, 3.8) is 0 Å². The first-order valence-electron chi connectivity index (χ1n) is 6.23. The molecular formula is C15H17ClN2O2. The van der Waals surface area contributed by atoms with Crippen molar-refractivity contribution < 1.29 is 10.2 Å². The van der Waals surface area contributed by atoms with Crippen molar-refractivity contribution in [1.29, 1.82) is 0 Å². The number of aryl methyl sites for hydroxylation is 3. The first-order chi connectivity index (χ1) is 9.38. The average Bonchev–Trinajstić information content (AvgIpc) is 2.37. The fourth-order valence-electron chi connectivity index (χ4n) is 2.17. The van der Waals surface area contributed by atoms with Crippen LogP contribution in [0.15, 0.2) is 24.3 Å². The minimum atomic E-state index is 0.101. The maximum Gasteiger partial charge on any atom is 0.121 e. The number of anilines is 2. The zero-order valence-corrected chi connectivity index (χ0v) is 11.9. The molecule has 0 spiro atoms. The topological polar surface area (TPSA) is 92.5 Å². The third-order valence-electron chi connectivity index (χ3n) is 3.26. The number of hydrogen-bond donors (Lipinski definition) is 4. The molecule has 0 atom stereocenters. The predicted molar refractivity (Wildman–Crippen MR) is 82.2 cm³/mol.